The summed E-state index contributed by atoms with van der Waals surface area (Å²) in [4.78, 5) is 89.7. The van der Waals surface area contributed by atoms with E-state index in [-0.39, 0.29) is 45.6 Å². The van der Waals surface area contributed by atoms with Gasteiger partial charge in [0.1, 0.15) is 60.8 Å². The average Bonchev–Trinajstić information content (AvgIpc) is 3.92. The summed E-state index contributed by atoms with van der Waals surface area (Å²) in [6, 6.07) is 6.09. The number of carbonyl (C=O) groups is 2. The second-order valence-corrected chi connectivity index (χ2v) is 21.6. The minimum atomic E-state index is -5.47. The number of imidazole rings is 1. The Kier molecular flexibility index (Phi) is 16.8. The van der Waals surface area contributed by atoms with E-state index in [1.54, 1.807) is 18.2 Å². The van der Waals surface area contributed by atoms with Crippen LogP contribution in [0.1, 0.15) is 38.8 Å². The third kappa shape index (κ3) is 13.0. The van der Waals surface area contributed by atoms with Gasteiger partial charge in [-0.3, -0.25) is 27.6 Å². The fourth-order valence-corrected chi connectivity index (χ4v) is 10.5. The van der Waals surface area contributed by atoms with E-state index in [1.807, 2.05) is 20.8 Å². The standard InChI is InChI=1S/C35H46N12O17P2S2/c1-35(2,3)68-67-14-19(45(4)34(52)58-11-17-7-5-6-8-18(17)43-44-38)32(50)63-26-20(61-31(24(26)48)47-16-41-23-28(37)39-15-40-29(23)47)13-60-66(56,57)64-27-21(12-59-65(53,54)55)62-30(25(27)49)46-10-9-22(36)42-33(46)51/h5-10,15-16,19-21,24-27,30-31,48-49H,11-14H2,1-4H3,(H,56,57)(H2,36,42,51)(H2,37,39,40)(H2,53,54,55)/t19?,20-,21-,24-,25-,26-,27-,30-,31-/m1/s1. The van der Waals surface area contributed by atoms with Gasteiger partial charge in [-0.1, -0.05) is 71.7 Å². The Hall–Kier alpha value is -4.94. The maximum atomic E-state index is 14.3. The Morgan fingerprint density at radius 2 is 1.66 bits per heavy atom. The van der Waals surface area contributed by atoms with E-state index >= 15 is 0 Å². The molecule has 10 atom stereocenters. The van der Waals surface area contributed by atoms with Crippen molar-refractivity contribution in [3.8, 4) is 0 Å². The predicted octanol–water partition coefficient (Wildman–Crippen LogP) is 2.05. The number of aliphatic hydroxyl groups excluding tert-OH is 2. The fraction of sp³-hybridized carbons (Fsp3) is 0.514. The Bertz CT molecular complexity index is 2670. The van der Waals surface area contributed by atoms with Gasteiger partial charge in [-0.05, 0) is 17.2 Å². The van der Waals surface area contributed by atoms with Crippen LogP contribution in [0.3, 0.4) is 0 Å². The van der Waals surface area contributed by atoms with Crippen LogP contribution < -0.4 is 17.2 Å². The van der Waals surface area contributed by atoms with Gasteiger partial charge in [0.25, 0.3) is 0 Å². The summed E-state index contributed by atoms with van der Waals surface area (Å²) < 4.78 is 65.1. The van der Waals surface area contributed by atoms with Crippen molar-refractivity contribution in [2.24, 2.45) is 5.11 Å². The molecular formula is C35H46N12O17P2S2. The van der Waals surface area contributed by atoms with Gasteiger partial charge in [-0.2, -0.15) is 4.98 Å². The number of nitrogens with two attached hydrogens (primary N) is 2. The molecule has 1 aromatic carbocycles. The maximum absolute atomic E-state index is 14.3. The van der Waals surface area contributed by atoms with E-state index in [0.717, 1.165) is 22.0 Å². The molecule has 2 fully saturated rings. The van der Waals surface area contributed by atoms with Gasteiger partial charge < -0.3 is 55.3 Å². The third-order valence-corrected chi connectivity index (χ3v) is 14.6. The molecule has 0 aliphatic carbocycles. The second-order valence-electron chi connectivity index (χ2n) is 15.7. The van der Waals surface area contributed by atoms with E-state index in [2.05, 4.69) is 34.5 Å². The highest BCUT2D eigenvalue weighted by Crippen LogP contribution is 2.50. The average molecular weight is 1030 g/mol. The molecule has 1 amide bonds. The Balaban J connectivity index is 1.25. The first-order valence-electron chi connectivity index (χ1n) is 19.8. The lowest BCUT2D eigenvalue weighted by molar-refractivity contribution is -0.161. The summed E-state index contributed by atoms with van der Waals surface area (Å²) >= 11 is 0. The van der Waals surface area contributed by atoms with E-state index in [1.165, 1.54) is 51.7 Å². The normalized spacial score (nSPS) is 24.2. The number of likely N-dealkylation sites (N-methyl/N-ethyl adjacent to an activating group) is 1. The molecule has 0 radical (unpaired) electrons. The van der Waals surface area contributed by atoms with Crippen molar-refractivity contribution in [1.82, 2.24) is 34.0 Å². The number of carbonyl (C=O) groups excluding carboxylic acids is 2. The van der Waals surface area contributed by atoms with Crippen LogP contribution in [-0.4, -0.2) is 144 Å². The Morgan fingerprint density at radius 3 is 2.34 bits per heavy atom. The van der Waals surface area contributed by atoms with E-state index in [9.17, 15) is 48.4 Å². The van der Waals surface area contributed by atoms with Crippen molar-refractivity contribution in [2.45, 2.75) is 87.2 Å². The topological polar surface area (TPSA) is 417 Å². The predicted molar refractivity (Wildman–Crippen MR) is 238 cm³/mol. The fourth-order valence-electron chi connectivity index (χ4n) is 6.61. The summed E-state index contributed by atoms with van der Waals surface area (Å²) in [6.45, 7) is 3.36. The van der Waals surface area contributed by atoms with E-state index in [0.29, 0.717) is 5.56 Å². The number of azide groups is 1. The van der Waals surface area contributed by atoms with Gasteiger partial charge in [0, 0.05) is 34.3 Å². The van der Waals surface area contributed by atoms with Gasteiger partial charge >= 0.3 is 33.4 Å². The largest absolute Gasteiger partial charge is 0.472 e. The van der Waals surface area contributed by atoms with Crippen LogP contribution >= 0.6 is 37.2 Å². The number of phosphoric ester groups is 2. The summed E-state index contributed by atoms with van der Waals surface area (Å²) in [7, 11) is -6.80. The monoisotopic (exact) mass is 1030 g/mol. The number of hydrogen-bond donors (Lipinski definition) is 7. The molecule has 9 N–H and O–H groups in total. The number of hydrogen-bond acceptors (Lipinski definition) is 23. The molecule has 0 bridgehead atoms. The number of amides is 1. The second kappa shape index (κ2) is 21.8. The number of fused-ring (bicyclic) bond motifs is 1. The zero-order chi connectivity index (χ0) is 49.7. The van der Waals surface area contributed by atoms with Gasteiger partial charge in [0.15, 0.2) is 30.0 Å². The molecule has 3 aromatic heterocycles. The first kappa shape index (κ1) is 52.4. The molecule has 0 spiro atoms. The molecular weight excluding hydrogens is 987 g/mol. The van der Waals surface area contributed by atoms with Crippen molar-refractivity contribution in [2.75, 3.05) is 37.5 Å². The minimum absolute atomic E-state index is 0.0329. The van der Waals surface area contributed by atoms with Gasteiger partial charge in [0.2, 0.25) is 0 Å². The summed E-state index contributed by atoms with van der Waals surface area (Å²) in [5, 5.41) is 26.6. The third-order valence-electron chi connectivity index (χ3n) is 9.78. The number of anilines is 2. The molecule has 33 heteroatoms. The molecule has 4 aromatic rings. The van der Waals surface area contributed by atoms with Gasteiger partial charge in [-0.15, -0.1) is 0 Å². The smallest absolute Gasteiger partial charge is 0.455 e. The summed E-state index contributed by atoms with van der Waals surface area (Å²) in [5.41, 5.74) is 20.2. The molecule has 2 saturated heterocycles. The molecule has 29 nitrogen and oxygen atoms in total. The zero-order valence-corrected chi connectivity index (χ0v) is 39.5. The summed E-state index contributed by atoms with van der Waals surface area (Å²) in [6.07, 6.45) is -11.8. The number of rotatable bonds is 19. The first-order valence-corrected chi connectivity index (χ1v) is 25.2. The Morgan fingerprint density at radius 1 is 1.00 bits per heavy atom. The maximum Gasteiger partial charge on any atom is 0.472 e. The first-order chi connectivity index (χ1) is 32.0. The highest BCUT2D eigenvalue weighted by atomic mass is 33.1. The molecule has 370 valence electrons. The molecule has 68 heavy (non-hydrogen) atoms. The van der Waals surface area contributed by atoms with Crippen LogP contribution in [-0.2, 0) is 53.1 Å². The van der Waals surface area contributed by atoms with E-state index in [4.69, 9.17) is 45.0 Å². The van der Waals surface area contributed by atoms with Crippen LogP contribution in [0.4, 0.5) is 22.1 Å². The van der Waals surface area contributed by atoms with Crippen molar-refractivity contribution >= 4 is 77.8 Å². The van der Waals surface area contributed by atoms with Crippen LogP contribution in [0.5, 0.6) is 0 Å². The number of benzene rings is 1. The van der Waals surface area contributed by atoms with Crippen molar-refractivity contribution in [3.63, 3.8) is 0 Å². The number of esters is 1. The lowest BCUT2D eigenvalue weighted by Crippen LogP contribution is -2.48. The van der Waals surface area contributed by atoms with Crippen molar-refractivity contribution in [3.05, 3.63) is 75.7 Å². The number of aromatic nitrogens is 6. The highest BCUT2D eigenvalue weighted by Gasteiger charge is 2.52. The van der Waals surface area contributed by atoms with E-state index < -0.39 is 102 Å². The summed E-state index contributed by atoms with van der Waals surface area (Å²) in [5.74, 6) is -1.41. The quantitative estimate of drug-likeness (QED) is 0.0176. The van der Waals surface area contributed by atoms with Crippen molar-refractivity contribution < 1.29 is 76.1 Å². The highest BCUT2D eigenvalue weighted by molar-refractivity contribution is 8.77. The lowest BCUT2D eigenvalue weighted by Gasteiger charge is -2.29. The number of nitrogens with zero attached hydrogens (tertiary/aromatic N) is 10. The SMILES string of the molecule is CN(C(=O)OCc1ccccc1N=[N+]=[N-])C(CSSC(C)(C)C)C(=O)O[C@H]1[C@@H](O)[C@H](n2cnc3c(N)ncnc32)O[C@@H]1COP(=O)(O)O[C@H]1[C@@H](O)[C@H](n2ccc(N)nc2=O)O[C@@H]1COP(=O)(O)O. The van der Waals surface area contributed by atoms with Crippen molar-refractivity contribution in [1.29, 1.82) is 0 Å². The number of ether oxygens (including phenoxy) is 4. The number of aliphatic hydroxyl groups is 2. The van der Waals surface area contributed by atoms with Gasteiger partial charge in [0.05, 0.1) is 19.5 Å². The minimum Gasteiger partial charge on any atom is -0.455 e. The van der Waals surface area contributed by atoms with Crippen LogP contribution in [0.2, 0.25) is 0 Å². The number of phosphoric acid groups is 2. The lowest BCUT2D eigenvalue weighted by atomic mass is 10.1. The Labute approximate surface area is 392 Å². The molecule has 0 saturated carbocycles. The molecule has 5 heterocycles. The van der Waals surface area contributed by atoms with Gasteiger partial charge in [-0.25, -0.2) is 38.5 Å². The van der Waals surface area contributed by atoms with Crippen LogP contribution in [0.15, 0.2) is 59.1 Å². The molecule has 2 aliphatic rings. The number of nitrogen functional groups attached to an aromatic ring is 2. The molecule has 2 aliphatic heterocycles. The molecule has 2 unspecified atom stereocenters. The zero-order valence-electron chi connectivity index (χ0n) is 36.1. The van der Waals surface area contributed by atoms with Crippen LogP contribution in [0, 0.1) is 0 Å². The molecule has 6 rings (SSSR count). The van der Waals surface area contributed by atoms with Crippen LogP contribution in [0.25, 0.3) is 21.6 Å².